The Kier molecular flexibility index (Phi) is 10.4. The number of carbonyl (C=O) groups is 1. The van der Waals surface area contributed by atoms with Crippen LogP contribution in [-0.4, -0.2) is 99.2 Å². The summed E-state index contributed by atoms with van der Waals surface area (Å²) in [5.74, 6) is -3.21. The zero-order valence-corrected chi connectivity index (χ0v) is 30.3. The SMILES string of the molecule is COc1nc(N(C)C2CCN(C(=O)/C=C/c3nc(C)nc(C)c3F)C2)c2cnc(-c3cccc4ccc(F)c(F)c34)c(F)c2n1.FC1CC2CCCN2C1. The van der Waals surface area contributed by atoms with Crippen LogP contribution in [-0.2, 0) is 4.79 Å². The van der Waals surface area contributed by atoms with Crippen molar-refractivity contribution in [2.75, 3.05) is 45.2 Å². The highest BCUT2D eigenvalue weighted by molar-refractivity contribution is 5.99. The largest absolute Gasteiger partial charge is 0.467 e. The summed E-state index contributed by atoms with van der Waals surface area (Å²) in [5, 5.41) is 0.552. The van der Waals surface area contributed by atoms with Gasteiger partial charge in [-0.1, -0.05) is 24.3 Å². The van der Waals surface area contributed by atoms with Crippen LogP contribution < -0.4 is 9.64 Å². The molecular formula is C39H39F5N8O2. The number of fused-ring (bicyclic) bond motifs is 3. The number of methoxy groups -OCH3 is 1. The van der Waals surface area contributed by atoms with E-state index in [2.05, 4.69) is 29.8 Å². The number of amides is 1. The van der Waals surface area contributed by atoms with Gasteiger partial charge in [-0.15, -0.1) is 0 Å². The zero-order chi connectivity index (χ0) is 38.3. The van der Waals surface area contributed by atoms with Gasteiger partial charge in [-0.25, -0.2) is 31.9 Å². The van der Waals surface area contributed by atoms with E-state index >= 15 is 4.39 Å². The Morgan fingerprint density at radius 2 is 1.78 bits per heavy atom. The van der Waals surface area contributed by atoms with E-state index in [1.807, 2.05) is 0 Å². The Bertz CT molecular complexity index is 2260. The summed E-state index contributed by atoms with van der Waals surface area (Å²) < 4.78 is 77.5. The smallest absolute Gasteiger partial charge is 0.318 e. The van der Waals surface area contributed by atoms with Crippen LogP contribution in [0.1, 0.15) is 42.9 Å². The lowest BCUT2D eigenvalue weighted by Crippen LogP contribution is -2.36. The third-order valence-corrected chi connectivity index (χ3v) is 10.4. The van der Waals surface area contributed by atoms with Crippen molar-refractivity contribution in [2.24, 2.45) is 0 Å². The van der Waals surface area contributed by atoms with Crippen molar-refractivity contribution >= 4 is 39.5 Å². The summed E-state index contributed by atoms with van der Waals surface area (Å²) in [7, 11) is 3.10. The van der Waals surface area contributed by atoms with Crippen molar-refractivity contribution in [2.45, 2.75) is 57.8 Å². The molecule has 3 atom stereocenters. The fourth-order valence-electron chi connectivity index (χ4n) is 7.63. The zero-order valence-electron chi connectivity index (χ0n) is 30.3. The molecule has 2 aromatic carbocycles. The standard InChI is InChI=1S/C32H27F4N7O2.C7H12FN/c1-16-26(34)23(39-17(2)38-16)10-11-24(44)43-13-12-19(15-43)42(3)31-21-14-37-29(28(36)30(21)40-32(41-31)45-4)20-7-5-6-18-8-9-22(33)27(35)25(18)20;8-6-4-7-2-1-3-9(7)5-6/h5-11,14,19H,12-13,15H2,1-4H3;6-7H,1-5H2/b11-10+;. The van der Waals surface area contributed by atoms with Gasteiger partial charge < -0.3 is 14.5 Å². The number of nitrogens with zero attached hydrogens (tertiary/aromatic N) is 8. The molecule has 5 aromatic rings. The molecule has 3 fully saturated rings. The van der Waals surface area contributed by atoms with Gasteiger partial charge in [0.05, 0.1) is 18.2 Å². The van der Waals surface area contributed by atoms with Crippen LogP contribution in [0.3, 0.4) is 0 Å². The van der Waals surface area contributed by atoms with Crippen molar-refractivity contribution in [3.8, 4) is 17.3 Å². The number of alkyl halides is 1. The number of hydrogen-bond acceptors (Lipinski definition) is 9. The summed E-state index contributed by atoms with van der Waals surface area (Å²) in [5.41, 5.74) is -0.0236. The first-order valence-corrected chi connectivity index (χ1v) is 17.8. The highest BCUT2D eigenvalue weighted by Gasteiger charge is 2.35. The van der Waals surface area contributed by atoms with Gasteiger partial charge in [-0.05, 0) is 63.6 Å². The molecule has 0 aliphatic carbocycles. The van der Waals surface area contributed by atoms with Gasteiger partial charge in [0.25, 0.3) is 0 Å². The molecule has 0 saturated carbocycles. The average molecular weight is 747 g/mol. The maximum absolute atomic E-state index is 16.2. The molecule has 0 N–H and O–H groups in total. The Morgan fingerprint density at radius 3 is 2.56 bits per heavy atom. The van der Waals surface area contributed by atoms with Gasteiger partial charge in [-0.2, -0.15) is 9.97 Å². The third-order valence-electron chi connectivity index (χ3n) is 10.4. The molecule has 3 unspecified atom stereocenters. The predicted molar refractivity (Wildman–Crippen MR) is 195 cm³/mol. The van der Waals surface area contributed by atoms with Crippen LogP contribution in [0.5, 0.6) is 6.01 Å². The topological polar surface area (TPSA) is 100 Å². The van der Waals surface area contributed by atoms with E-state index in [4.69, 9.17) is 4.74 Å². The van der Waals surface area contributed by atoms with Crippen LogP contribution >= 0.6 is 0 Å². The first-order valence-electron chi connectivity index (χ1n) is 17.8. The molecule has 3 aromatic heterocycles. The number of benzene rings is 2. The molecule has 10 nitrogen and oxygen atoms in total. The quantitative estimate of drug-likeness (QED) is 0.138. The number of halogens is 5. The van der Waals surface area contributed by atoms with Gasteiger partial charge in [0.2, 0.25) is 5.91 Å². The average Bonchev–Trinajstić information content (AvgIpc) is 3.91. The van der Waals surface area contributed by atoms with E-state index < -0.39 is 29.4 Å². The molecule has 1 amide bonds. The lowest BCUT2D eigenvalue weighted by molar-refractivity contribution is -0.124. The fraction of sp³-hybridized carbons (Fsp3) is 0.385. The minimum Gasteiger partial charge on any atom is -0.467 e. The first kappa shape index (κ1) is 37.0. The number of likely N-dealkylation sites (tertiary alicyclic amines) is 1. The number of carbonyl (C=O) groups excluding carboxylic acids is 1. The molecule has 282 valence electrons. The summed E-state index contributed by atoms with van der Waals surface area (Å²) >= 11 is 0. The number of aryl methyl sites for hydroxylation is 2. The van der Waals surface area contributed by atoms with Crippen molar-refractivity contribution < 1.29 is 31.5 Å². The molecule has 0 spiro atoms. The number of likely N-dealkylation sites (N-methyl/N-ethyl adjacent to an activating group) is 1. The number of hydrogen-bond donors (Lipinski definition) is 0. The molecule has 3 saturated heterocycles. The molecule has 15 heteroatoms. The van der Waals surface area contributed by atoms with Crippen LogP contribution in [0.25, 0.3) is 39.0 Å². The third kappa shape index (κ3) is 7.16. The maximum Gasteiger partial charge on any atom is 0.318 e. The number of anilines is 1. The Balaban J connectivity index is 0.000000433. The number of rotatable bonds is 6. The van der Waals surface area contributed by atoms with Gasteiger partial charge in [0.1, 0.15) is 34.7 Å². The van der Waals surface area contributed by atoms with Crippen molar-refractivity contribution in [1.82, 2.24) is 34.7 Å². The minimum absolute atomic E-state index is 0.0334. The first-order chi connectivity index (χ1) is 25.9. The summed E-state index contributed by atoms with van der Waals surface area (Å²) in [6, 6.07) is 7.38. The minimum atomic E-state index is -1.10. The maximum atomic E-state index is 16.2. The number of pyridine rings is 1. The molecule has 54 heavy (non-hydrogen) atoms. The van der Waals surface area contributed by atoms with Crippen LogP contribution in [0.2, 0.25) is 0 Å². The molecular weight excluding hydrogens is 707 g/mol. The summed E-state index contributed by atoms with van der Waals surface area (Å²) in [6.07, 6.45) is 7.38. The Labute approximate surface area is 308 Å². The lowest BCUT2D eigenvalue weighted by Gasteiger charge is -2.27. The van der Waals surface area contributed by atoms with Gasteiger partial charge in [0.15, 0.2) is 23.3 Å². The number of aromatic nitrogens is 5. The molecule has 0 bridgehead atoms. The second kappa shape index (κ2) is 15.2. The van der Waals surface area contributed by atoms with Gasteiger partial charge in [0, 0.05) is 62.0 Å². The predicted octanol–water partition coefficient (Wildman–Crippen LogP) is 6.76. The molecule has 8 rings (SSSR count). The lowest BCUT2D eigenvalue weighted by atomic mass is 10.00. The molecule has 3 aliphatic heterocycles. The van der Waals surface area contributed by atoms with E-state index in [0.717, 1.165) is 19.0 Å². The Morgan fingerprint density at radius 1 is 0.963 bits per heavy atom. The molecule has 6 heterocycles. The van der Waals surface area contributed by atoms with E-state index in [9.17, 15) is 22.4 Å². The van der Waals surface area contributed by atoms with E-state index in [1.165, 1.54) is 57.4 Å². The van der Waals surface area contributed by atoms with E-state index in [0.29, 0.717) is 49.1 Å². The van der Waals surface area contributed by atoms with E-state index in [-0.39, 0.29) is 56.9 Å². The normalized spacial score (nSPS) is 19.8. The monoisotopic (exact) mass is 746 g/mol. The summed E-state index contributed by atoms with van der Waals surface area (Å²) in [4.78, 5) is 39.7. The second-order valence-corrected chi connectivity index (χ2v) is 13.8. The molecule has 0 radical (unpaired) electrons. The van der Waals surface area contributed by atoms with Crippen LogP contribution in [0, 0.1) is 37.1 Å². The fourth-order valence-corrected chi connectivity index (χ4v) is 7.63. The summed E-state index contributed by atoms with van der Waals surface area (Å²) in [6.45, 7) is 5.76. The molecule has 3 aliphatic rings. The van der Waals surface area contributed by atoms with Gasteiger partial charge >= 0.3 is 6.01 Å². The van der Waals surface area contributed by atoms with Crippen LogP contribution in [0.4, 0.5) is 27.8 Å². The van der Waals surface area contributed by atoms with E-state index in [1.54, 1.807) is 35.9 Å². The highest BCUT2D eigenvalue weighted by Crippen LogP contribution is 2.37. The van der Waals surface area contributed by atoms with Crippen molar-refractivity contribution in [3.05, 3.63) is 83.1 Å². The highest BCUT2D eigenvalue weighted by atomic mass is 19.2. The van der Waals surface area contributed by atoms with Gasteiger partial charge in [-0.3, -0.25) is 14.7 Å². The van der Waals surface area contributed by atoms with Crippen molar-refractivity contribution in [1.29, 1.82) is 0 Å². The number of ether oxygens (including phenoxy) is 1. The second-order valence-electron chi connectivity index (χ2n) is 13.8. The van der Waals surface area contributed by atoms with Crippen molar-refractivity contribution in [3.63, 3.8) is 0 Å². The van der Waals surface area contributed by atoms with Crippen LogP contribution in [0.15, 0.2) is 42.6 Å². The Hall–Kier alpha value is -5.31.